The van der Waals surface area contributed by atoms with Crippen molar-refractivity contribution in [3.63, 3.8) is 0 Å². The largest absolute Gasteiger partial charge is 0.481 e. The van der Waals surface area contributed by atoms with Gasteiger partial charge in [-0.3, -0.25) is 53.2 Å². The van der Waals surface area contributed by atoms with Gasteiger partial charge in [-0.25, -0.2) is 14.4 Å². The number of nitrogens with zero attached hydrogens (tertiary/aromatic N) is 4. The molecular weight excluding hydrogens is 1030 g/mol. The first-order chi connectivity index (χ1) is 37.7. The summed E-state index contributed by atoms with van der Waals surface area (Å²) < 4.78 is 0. The third-order valence-corrected chi connectivity index (χ3v) is 15.2. The molecule has 1 heterocycles. The summed E-state index contributed by atoms with van der Waals surface area (Å²) in [5.41, 5.74) is 0.875. The van der Waals surface area contributed by atoms with Crippen LogP contribution in [0.25, 0.3) is 21.5 Å². The van der Waals surface area contributed by atoms with E-state index in [4.69, 9.17) is 5.11 Å². The van der Waals surface area contributed by atoms with Crippen LogP contribution >= 0.6 is 0 Å². The molecule has 2 aliphatic carbocycles. The summed E-state index contributed by atoms with van der Waals surface area (Å²) in [6.45, 7) is 4.60. The van der Waals surface area contributed by atoms with Gasteiger partial charge in [-0.05, 0) is 103 Å². The lowest BCUT2D eigenvalue weighted by Crippen LogP contribution is -2.51. The number of amides is 5. The summed E-state index contributed by atoms with van der Waals surface area (Å²) in [4.78, 5) is 132. The van der Waals surface area contributed by atoms with Crippen molar-refractivity contribution >= 4 is 80.9 Å². The van der Waals surface area contributed by atoms with E-state index in [9.17, 15) is 68.4 Å². The Morgan fingerprint density at radius 3 is 1.57 bits per heavy atom. The Kier molecular flexibility index (Phi) is 22.9. The molecule has 79 heavy (non-hydrogen) atoms. The van der Waals surface area contributed by atoms with Crippen molar-refractivity contribution in [3.05, 3.63) is 60.2 Å². The van der Waals surface area contributed by atoms with Gasteiger partial charge in [0.25, 0.3) is 0 Å². The van der Waals surface area contributed by atoms with Gasteiger partial charge in [-0.1, -0.05) is 48.5 Å². The number of hydrogen-bond acceptors (Lipinski definition) is 14. The molecule has 1 saturated heterocycles. The Bertz CT molecular complexity index is 2600. The smallest absolute Gasteiger partial charge is 0.326 e. The zero-order chi connectivity index (χ0) is 57.2. The van der Waals surface area contributed by atoms with E-state index in [1.54, 1.807) is 9.80 Å². The first-order valence-electron chi connectivity index (χ1n) is 27.0. The highest BCUT2D eigenvalue weighted by Gasteiger charge is 2.41. The summed E-state index contributed by atoms with van der Waals surface area (Å²) in [7, 11) is 0. The Morgan fingerprint density at radius 1 is 0.557 bits per heavy atom. The van der Waals surface area contributed by atoms with Crippen molar-refractivity contribution in [3.8, 4) is 0 Å². The van der Waals surface area contributed by atoms with Crippen LogP contribution in [0.1, 0.15) is 63.9 Å². The maximum absolute atomic E-state index is 14.3. The molecule has 3 fully saturated rings. The first kappa shape index (κ1) is 60.9. The third kappa shape index (κ3) is 19.8. The van der Waals surface area contributed by atoms with Gasteiger partial charge in [0.1, 0.15) is 23.9 Å². The van der Waals surface area contributed by atoms with Gasteiger partial charge in [0.15, 0.2) is 0 Å². The predicted octanol–water partition coefficient (Wildman–Crippen LogP) is 1.14. The summed E-state index contributed by atoms with van der Waals surface area (Å²) in [6, 6.07) is 12.7. The molecule has 24 nitrogen and oxygen atoms in total. The van der Waals surface area contributed by atoms with Crippen molar-refractivity contribution in [2.45, 2.75) is 82.8 Å². The van der Waals surface area contributed by atoms with Crippen molar-refractivity contribution in [2.24, 2.45) is 23.7 Å². The minimum absolute atomic E-state index is 0.00100. The summed E-state index contributed by atoms with van der Waals surface area (Å²) in [5, 5.41) is 64.8. The van der Waals surface area contributed by atoms with Crippen LogP contribution in [-0.2, 0) is 49.6 Å². The number of aliphatic carboxylic acids is 5. The van der Waals surface area contributed by atoms with E-state index in [2.05, 4.69) is 32.7 Å². The molecule has 0 spiro atoms. The number of hydrogen-bond donors (Lipinski definition) is 10. The number of carbonyl (C=O) groups is 10. The number of urea groups is 1. The standard InChI is InChI=1S/C55H75N9O15/c1-34(65)30-61-16-20-63(32-49(69)70)22-18-62(19-23-64(21-17-61)33-50(71)72)31-47(66)56-28-35-10-12-36(13-11-35)51(73)58-45(27-43-41-8-4-2-6-37(41)24-38-7-3-5-9-42(38)43)52(74)57-29-40-25-39(40)26-46(54(77)78)60-55(79)59-44(53(75)76)14-15-48(67)68/h2-9,24,35-36,39-40,44-46H,10-23,25-33H2,1H3,(H,56,66)(H,57,74)(H,58,73)(H,67,68)(H,69,70)(H,71,72)(H,75,76)(H,77,78)(H2,59,60,79)/t35-,36-,39-,40-,44-,45-,46-/m0/s1. The van der Waals surface area contributed by atoms with Gasteiger partial charge >= 0.3 is 35.9 Å². The lowest BCUT2D eigenvalue weighted by molar-refractivity contribution is -0.141. The molecular formula is C55H75N9O15. The number of nitrogens with one attached hydrogen (secondary N) is 5. The molecule has 6 rings (SSSR count). The van der Waals surface area contributed by atoms with E-state index in [0.717, 1.165) is 27.1 Å². The Morgan fingerprint density at radius 2 is 1.06 bits per heavy atom. The summed E-state index contributed by atoms with van der Waals surface area (Å²) >= 11 is 0. The predicted molar refractivity (Wildman–Crippen MR) is 288 cm³/mol. The quantitative estimate of drug-likeness (QED) is 0.0504. The second-order valence-corrected chi connectivity index (χ2v) is 21.2. The topological polar surface area (TPSA) is 345 Å². The van der Waals surface area contributed by atoms with Crippen LogP contribution in [0.15, 0.2) is 54.6 Å². The fraction of sp³-hybridized carbons (Fsp3) is 0.564. The van der Waals surface area contributed by atoms with E-state index < -0.39 is 78.7 Å². The molecule has 3 aromatic rings. The van der Waals surface area contributed by atoms with E-state index in [0.29, 0.717) is 91.0 Å². The molecule has 5 amide bonds. The number of carbonyl (C=O) groups excluding carboxylic acids is 5. The first-order valence-corrected chi connectivity index (χ1v) is 27.0. The van der Waals surface area contributed by atoms with Crippen LogP contribution in [0.5, 0.6) is 0 Å². The van der Waals surface area contributed by atoms with Gasteiger partial charge in [0.05, 0.1) is 26.2 Å². The zero-order valence-corrected chi connectivity index (χ0v) is 44.6. The fourth-order valence-electron chi connectivity index (χ4n) is 10.7. The minimum Gasteiger partial charge on any atom is -0.481 e. The number of carboxylic acid groups (broad SMARTS) is 5. The zero-order valence-electron chi connectivity index (χ0n) is 44.6. The molecule has 0 unspecified atom stereocenters. The highest BCUT2D eigenvalue weighted by molar-refractivity contribution is 6.03. The number of benzene rings is 3. The average molecular weight is 1100 g/mol. The summed E-state index contributed by atoms with van der Waals surface area (Å²) in [6.07, 6.45) is 2.01. The second-order valence-electron chi connectivity index (χ2n) is 21.2. The van der Waals surface area contributed by atoms with E-state index in [1.165, 1.54) is 6.92 Å². The van der Waals surface area contributed by atoms with Crippen LogP contribution < -0.4 is 26.6 Å². The van der Waals surface area contributed by atoms with Crippen molar-refractivity contribution in [2.75, 3.05) is 91.6 Å². The number of Topliss-reactive ketones (excluding diaryl/α,β-unsaturated/α-hetero) is 1. The van der Waals surface area contributed by atoms with Crippen LogP contribution in [0.3, 0.4) is 0 Å². The van der Waals surface area contributed by atoms with Gasteiger partial charge in [0, 0.05) is 84.2 Å². The molecule has 5 atom stereocenters. The van der Waals surface area contributed by atoms with E-state index >= 15 is 0 Å². The van der Waals surface area contributed by atoms with E-state index in [1.807, 2.05) is 58.3 Å². The molecule has 0 radical (unpaired) electrons. The van der Waals surface area contributed by atoms with Gasteiger partial charge in [-0.2, -0.15) is 0 Å². The molecule has 430 valence electrons. The normalized spacial score (nSPS) is 21.0. The molecule has 3 aromatic carbocycles. The highest BCUT2D eigenvalue weighted by Crippen LogP contribution is 2.41. The van der Waals surface area contributed by atoms with Crippen LogP contribution in [0.2, 0.25) is 0 Å². The monoisotopic (exact) mass is 1100 g/mol. The number of fused-ring (bicyclic) bond motifs is 2. The lowest BCUT2D eigenvalue weighted by atomic mass is 9.81. The van der Waals surface area contributed by atoms with Crippen molar-refractivity contribution < 1.29 is 73.5 Å². The minimum atomic E-state index is -1.55. The lowest BCUT2D eigenvalue weighted by Gasteiger charge is -2.33. The van der Waals surface area contributed by atoms with Crippen molar-refractivity contribution in [1.29, 1.82) is 0 Å². The van der Waals surface area contributed by atoms with Crippen LogP contribution in [-0.4, -0.2) is 214 Å². The Hall–Kier alpha value is -7.28. The molecule has 2 saturated carbocycles. The SMILES string of the molecule is CC(=O)CN1CCN(CC(=O)O)CCN(CC(=O)NC[C@H]2CC[C@H](C(=O)N[C@@H](Cc3c4ccccc4cc4ccccc34)C(=O)NC[C@@H]3C[C@H]3C[C@H](NC(=O)N[C@@H](CCC(=O)O)C(=O)O)C(=O)O)CC2)CCN(CC(=O)O)CC1. The molecule has 0 bridgehead atoms. The Balaban J connectivity index is 1.05. The Labute approximate surface area is 457 Å². The highest BCUT2D eigenvalue weighted by atomic mass is 16.4. The van der Waals surface area contributed by atoms with E-state index in [-0.39, 0.29) is 80.9 Å². The third-order valence-electron chi connectivity index (χ3n) is 15.2. The maximum atomic E-state index is 14.3. The van der Waals surface area contributed by atoms with Crippen LogP contribution in [0, 0.1) is 23.7 Å². The van der Waals surface area contributed by atoms with Gasteiger partial charge < -0.3 is 52.1 Å². The summed E-state index contributed by atoms with van der Waals surface area (Å²) in [5.74, 6) is -7.84. The molecule has 10 N–H and O–H groups in total. The number of ketones is 1. The average Bonchev–Trinajstić information content (AvgIpc) is 4.20. The second kappa shape index (κ2) is 29.6. The molecule has 1 aliphatic heterocycles. The van der Waals surface area contributed by atoms with Gasteiger partial charge in [0.2, 0.25) is 17.7 Å². The molecule has 0 aromatic heterocycles. The number of rotatable bonds is 26. The van der Waals surface area contributed by atoms with Crippen LogP contribution in [0.4, 0.5) is 4.79 Å². The maximum Gasteiger partial charge on any atom is 0.326 e. The molecule has 24 heteroatoms. The van der Waals surface area contributed by atoms with Crippen molar-refractivity contribution in [1.82, 2.24) is 46.2 Å². The fourth-order valence-corrected chi connectivity index (χ4v) is 10.7. The number of carboxylic acids is 5. The molecule has 3 aliphatic rings. The van der Waals surface area contributed by atoms with Gasteiger partial charge in [-0.15, -0.1) is 0 Å².